The van der Waals surface area contributed by atoms with Gasteiger partial charge in [-0.25, -0.2) is 9.18 Å². The number of hydrogen-bond acceptors (Lipinski definition) is 4. The Hall–Kier alpha value is -1.93. The van der Waals surface area contributed by atoms with Crippen molar-refractivity contribution in [1.29, 1.82) is 5.26 Å². The van der Waals surface area contributed by atoms with Crippen LogP contribution in [0, 0.1) is 17.1 Å². The van der Waals surface area contributed by atoms with E-state index in [4.69, 9.17) is 11.0 Å². The molecule has 0 aliphatic heterocycles. The zero-order valence-corrected chi connectivity index (χ0v) is 8.08. The Morgan fingerprint density at radius 1 is 1.67 bits per heavy atom. The van der Waals surface area contributed by atoms with Crippen LogP contribution in [0.4, 0.5) is 4.39 Å². The number of hydrogen-bond donors (Lipinski definition) is 1. The number of nitriles is 1. The van der Waals surface area contributed by atoms with Crippen molar-refractivity contribution in [3.05, 3.63) is 34.6 Å². The summed E-state index contributed by atoms with van der Waals surface area (Å²) in [5, 5.41) is 8.73. The van der Waals surface area contributed by atoms with E-state index in [2.05, 4.69) is 4.74 Å². The molecule has 0 heterocycles. The van der Waals surface area contributed by atoms with Gasteiger partial charge in [0.05, 0.1) is 24.3 Å². The van der Waals surface area contributed by atoms with E-state index in [0.29, 0.717) is 5.56 Å². The molecule has 0 atom stereocenters. The van der Waals surface area contributed by atoms with Gasteiger partial charge in [0.25, 0.3) is 0 Å². The summed E-state index contributed by atoms with van der Waals surface area (Å²) in [5.74, 6) is -1.37. The van der Waals surface area contributed by atoms with Crippen molar-refractivity contribution in [3.63, 3.8) is 0 Å². The first kappa shape index (κ1) is 11.1. The van der Waals surface area contributed by atoms with Crippen LogP contribution in [0.5, 0.6) is 0 Å². The Morgan fingerprint density at radius 2 is 2.33 bits per heavy atom. The van der Waals surface area contributed by atoms with E-state index in [1.807, 2.05) is 0 Å². The van der Waals surface area contributed by atoms with Crippen LogP contribution in [-0.2, 0) is 11.3 Å². The molecule has 0 saturated carbocycles. The number of nitrogens with zero attached hydrogens (tertiary/aromatic N) is 1. The van der Waals surface area contributed by atoms with E-state index in [-0.39, 0.29) is 17.7 Å². The average molecular weight is 208 g/mol. The lowest BCUT2D eigenvalue weighted by molar-refractivity contribution is 0.0599. The Balaban J connectivity index is 3.43. The molecular weight excluding hydrogens is 199 g/mol. The predicted molar refractivity (Wildman–Crippen MR) is 50.3 cm³/mol. The van der Waals surface area contributed by atoms with Crippen LogP contribution in [-0.4, -0.2) is 13.1 Å². The summed E-state index contributed by atoms with van der Waals surface area (Å²) in [4.78, 5) is 11.3. The maximum Gasteiger partial charge on any atom is 0.338 e. The number of esters is 1. The van der Waals surface area contributed by atoms with Crippen molar-refractivity contribution >= 4 is 5.97 Å². The molecule has 0 spiro atoms. The minimum Gasteiger partial charge on any atom is -0.465 e. The summed E-state index contributed by atoms with van der Waals surface area (Å²) in [6.07, 6.45) is 0. The summed E-state index contributed by atoms with van der Waals surface area (Å²) >= 11 is 0. The molecule has 0 radical (unpaired) electrons. The minimum atomic E-state index is -0.702. The lowest BCUT2D eigenvalue weighted by Crippen LogP contribution is -2.11. The van der Waals surface area contributed by atoms with Crippen LogP contribution in [0.3, 0.4) is 0 Å². The molecule has 0 fully saturated rings. The molecule has 0 unspecified atom stereocenters. The smallest absolute Gasteiger partial charge is 0.338 e. The molecule has 0 amide bonds. The van der Waals surface area contributed by atoms with Crippen LogP contribution >= 0.6 is 0 Å². The normalized spacial score (nSPS) is 9.47. The molecule has 1 rings (SSSR count). The summed E-state index contributed by atoms with van der Waals surface area (Å²) < 4.78 is 17.5. The number of benzene rings is 1. The zero-order valence-electron chi connectivity index (χ0n) is 8.08. The van der Waals surface area contributed by atoms with Gasteiger partial charge in [-0.05, 0) is 17.7 Å². The highest BCUT2D eigenvalue weighted by molar-refractivity contribution is 5.91. The topological polar surface area (TPSA) is 76.1 Å². The van der Waals surface area contributed by atoms with Gasteiger partial charge in [0.1, 0.15) is 5.82 Å². The third kappa shape index (κ3) is 2.11. The molecule has 1 aromatic rings. The van der Waals surface area contributed by atoms with Gasteiger partial charge in [-0.2, -0.15) is 5.26 Å². The van der Waals surface area contributed by atoms with Crippen molar-refractivity contribution < 1.29 is 13.9 Å². The third-order valence-electron chi connectivity index (χ3n) is 1.94. The van der Waals surface area contributed by atoms with Crippen LogP contribution in [0.15, 0.2) is 12.1 Å². The molecule has 1 aromatic carbocycles. The number of ether oxygens (including phenoxy) is 1. The largest absolute Gasteiger partial charge is 0.465 e. The fourth-order valence-corrected chi connectivity index (χ4v) is 1.25. The molecule has 4 nitrogen and oxygen atoms in total. The van der Waals surface area contributed by atoms with Gasteiger partial charge < -0.3 is 10.5 Å². The number of carbonyl (C=O) groups is 1. The average Bonchev–Trinajstić information content (AvgIpc) is 2.26. The summed E-state index contributed by atoms with van der Waals surface area (Å²) in [7, 11) is 1.18. The van der Waals surface area contributed by atoms with Crippen molar-refractivity contribution in [2.45, 2.75) is 6.54 Å². The van der Waals surface area contributed by atoms with Gasteiger partial charge in [-0.15, -0.1) is 0 Å². The van der Waals surface area contributed by atoms with E-state index in [9.17, 15) is 9.18 Å². The fourth-order valence-electron chi connectivity index (χ4n) is 1.25. The first-order valence-corrected chi connectivity index (χ1v) is 4.15. The molecule has 0 aromatic heterocycles. The highest BCUT2D eigenvalue weighted by Gasteiger charge is 2.16. The number of halogens is 1. The second-order valence-electron chi connectivity index (χ2n) is 2.79. The highest BCUT2D eigenvalue weighted by atomic mass is 19.1. The fraction of sp³-hybridized carbons (Fsp3) is 0.200. The van der Waals surface area contributed by atoms with Gasteiger partial charge in [0.2, 0.25) is 0 Å². The molecule has 0 bridgehead atoms. The van der Waals surface area contributed by atoms with Gasteiger partial charge in [-0.1, -0.05) is 0 Å². The molecule has 2 N–H and O–H groups in total. The first-order valence-electron chi connectivity index (χ1n) is 4.15. The Morgan fingerprint density at radius 3 is 2.80 bits per heavy atom. The van der Waals surface area contributed by atoms with Gasteiger partial charge in [0.15, 0.2) is 0 Å². The molecule has 0 aliphatic rings. The minimum absolute atomic E-state index is 0.00319. The van der Waals surface area contributed by atoms with Crippen LogP contribution < -0.4 is 5.73 Å². The van der Waals surface area contributed by atoms with Crippen LogP contribution in [0.1, 0.15) is 21.5 Å². The lowest BCUT2D eigenvalue weighted by atomic mass is 10.0. The highest BCUT2D eigenvalue weighted by Crippen LogP contribution is 2.17. The van der Waals surface area contributed by atoms with Crippen LogP contribution in [0.25, 0.3) is 0 Å². The number of carbonyl (C=O) groups excluding carboxylic acids is 1. The van der Waals surface area contributed by atoms with Crippen molar-refractivity contribution in [2.24, 2.45) is 5.73 Å². The first-order chi connectivity index (χ1) is 7.13. The molecule has 0 aliphatic carbocycles. The van der Waals surface area contributed by atoms with E-state index >= 15 is 0 Å². The van der Waals surface area contributed by atoms with Crippen molar-refractivity contribution in [2.75, 3.05) is 7.11 Å². The quantitative estimate of drug-likeness (QED) is 0.734. The van der Waals surface area contributed by atoms with Crippen molar-refractivity contribution in [3.8, 4) is 6.07 Å². The lowest BCUT2D eigenvalue weighted by Gasteiger charge is -2.07. The Labute approximate surface area is 86.1 Å². The molecule has 15 heavy (non-hydrogen) atoms. The maximum absolute atomic E-state index is 13.0. The Bertz CT molecular complexity index is 438. The zero-order chi connectivity index (χ0) is 11.4. The van der Waals surface area contributed by atoms with Crippen LogP contribution in [0.2, 0.25) is 0 Å². The van der Waals surface area contributed by atoms with E-state index in [1.165, 1.54) is 7.11 Å². The maximum atomic E-state index is 13.0. The van der Waals surface area contributed by atoms with E-state index in [0.717, 1.165) is 12.1 Å². The summed E-state index contributed by atoms with van der Waals surface area (Å²) in [5.41, 5.74) is 5.74. The van der Waals surface area contributed by atoms with Gasteiger partial charge in [-0.3, -0.25) is 0 Å². The second kappa shape index (κ2) is 4.53. The van der Waals surface area contributed by atoms with Gasteiger partial charge in [0, 0.05) is 6.54 Å². The predicted octanol–water partition coefficient (Wildman–Crippen LogP) is 0.943. The number of nitrogens with two attached hydrogens (primary N) is 1. The summed E-state index contributed by atoms with van der Waals surface area (Å²) in [6, 6.07) is 3.82. The van der Waals surface area contributed by atoms with Gasteiger partial charge >= 0.3 is 5.97 Å². The Kier molecular flexibility index (Phi) is 3.37. The molecule has 0 saturated heterocycles. The monoisotopic (exact) mass is 208 g/mol. The molecule has 5 heteroatoms. The SMILES string of the molecule is COC(=O)c1cc(F)cc(C#N)c1CN. The molecule has 78 valence electrons. The van der Waals surface area contributed by atoms with Crippen molar-refractivity contribution in [1.82, 2.24) is 0 Å². The number of methoxy groups -OCH3 is 1. The van der Waals surface area contributed by atoms with E-state index < -0.39 is 11.8 Å². The molecular formula is C10H9FN2O2. The summed E-state index contributed by atoms with van der Waals surface area (Å²) in [6.45, 7) is -0.0202. The third-order valence-corrected chi connectivity index (χ3v) is 1.94. The second-order valence-corrected chi connectivity index (χ2v) is 2.79. The van der Waals surface area contributed by atoms with E-state index in [1.54, 1.807) is 6.07 Å². The number of rotatable bonds is 2. The standard InChI is InChI=1S/C10H9FN2O2/c1-15-10(14)8-3-7(11)2-6(4-12)9(8)5-13/h2-3H,5,13H2,1H3.